The van der Waals surface area contributed by atoms with Crippen LogP contribution in [-0.4, -0.2) is 60.6 Å². The zero-order valence-corrected chi connectivity index (χ0v) is 19.1. The zero-order chi connectivity index (χ0) is 23.5. The molecule has 1 N–H and O–H groups in total. The molecule has 3 rings (SSSR count). The third kappa shape index (κ3) is 7.57. The van der Waals surface area contributed by atoms with E-state index in [1.165, 1.54) is 6.08 Å². The van der Waals surface area contributed by atoms with E-state index in [1.54, 1.807) is 18.2 Å². The Morgan fingerprint density at radius 1 is 1.06 bits per heavy atom. The van der Waals surface area contributed by atoms with Crippen molar-refractivity contribution in [2.75, 3.05) is 38.7 Å². The van der Waals surface area contributed by atoms with Crippen LogP contribution in [-0.2, 0) is 9.59 Å². The first kappa shape index (κ1) is 24.2. The van der Waals surface area contributed by atoms with Crippen LogP contribution in [0.5, 0.6) is 17.2 Å². The van der Waals surface area contributed by atoms with E-state index in [9.17, 15) is 14.4 Å². The number of para-hydroxylation sites is 1. The van der Waals surface area contributed by atoms with Gasteiger partial charge in [0.15, 0.2) is 11.5 Å². The molecule has 1 aliphatic rings. The van der Waals surface area contributed by atoms with Crippen LogP contribution >= 0.6 is 11.8 Å². The Kier molecular flexibility index (Phi) is 9.19. The predicted molar refractivity (Wildman–Crippen MR) is 127 cm³/mol. The molecule has 174 valence electrons. The molecule has 1 fully saturated rings. The number of ether oxygens (including phenoxy) is 3. The van der Waals surface area contributed by atoms with E-state index in [2.05, 4.69) is 5.32 Å². The normalized spacial score (nSPS) is 13.4. The fourth-order valence-corrected chi connectivity index (χ4v) is 3.71. The van der Waals surface area contributed by atoms with Crippen LogP contribution in [0.4, 0.5) is 4.79 Å². The van der Waals surface area contributed by atoms with Gasteiger partial charge in [0.1, 0.15) is 19.0 Å². The molecule has 1 saturated heterocycles. The first-order valence-corrected chi connectivity index (χ1v) is 11.6. The maximum absolute atomic E-state index is 12.1. The summed E-state index contributed by atoms with van der Waals surface area (Å²) < 4.78 is 17.1. The van der Waals surface area contributed by atoms with Crippen LogP contribution in [0.25, 0.3) is 6.08 Å². The maximum atomic E-state index is 12.1. The molecule has 0 saturated carbocycles. The summed E-state index contributed by atoms with van der Waals surface area (Å²) in [6.45, 7) is 3.46. The lowest BCUT2D eigenvalue weighted by Gasteiger charge is -2.13. The molecule has 0 atom stereocenters. The number of nitrogens with one attached hydrogen (secondary N) is 1. The van der Waals surface area contributed by atoms with Crippen LogP contribution in [0.15, 0.2) is 54.6 Å². The first-order valence-electron chi connectivity index (χ1n) is 10.6. The second-order valence-corrected chi connectivity index (χ2v) is 7.80. The minimum atomic E-state index is -0.321. The summed E-state index contributed by atoms with van der Waals surface area (Å²) in [4.78, 5) is 36.3. The number of rotatable bonds is 12. The number of thioether (sulfide) groups is 1. The number of hydrogen-bond donors (Lipinski definition) is 1. The molecule has 8 nitrogen and oxygen atoms in total. The van der Waals surface area contributed by atoms with Gasteiger partial charge in [0.05, 0.1) is 12.4 Å². The molecule has 0 aromatic heterocycles. The molecule has 0 radical (unpaired) electrons. The summed E-state index contributed by atoms with van der Waals surface area (Å²) in [5.41, 5.74) is 0.766. The molecule has 0 unspecified atom stereocenters. The third-order valence-corrected chi connectivity index (χ3v) is 5.38. The molecule has 0 bridgehead atoms. The standard InChI is InChI=1S/C24H26N2O6S/c1-2-30-21-16-18(8-10-20(21)32-15-14-31-19-6-4-3-5-7-19)9-11-22(27)25-12-13-26-23(28)17-33-24(26)29/h3-11,16H,2,12-15,17H2,1H3,(H,25,27). The van der Waals surface area contributed by atoms with E-state index in [-0.39, 0.29) is 35.9 Å². The monoisotopic (exact) mass is 470 g/mol. The van der Waals surface area contributed by atoms with Gasteiger partial charge in [0.2, 0.25) is 11.8 Å². The van der Waals surface area contributed by atoms with Crippen molar-refractivity contribution in [3.8, 4) is 17.2 Å². The summed E-state index contributed by atoms with van der Waals surface area (Å²) >= 11 is 0.973. The molecule has 2 aromatic carbocycles. The molecular formula is C24H26N2O6S. The zero-order valence-electron chi connectivity index (χ0n) is 18.3. The first-order chi connectivity index (χ1) is 16.1. The van der Waals surface area contributed by atoms with Crippen LogP contribution < -0.4 is 19.5 Å². The van der Waals surface area contributed by atoms with E-state index < -0.39 is 0 Å². The minimum Gasteiger partial charge on any atom is -0.490 e. The van der Waals surface area contributed by atoms with Crippen LogP contribution in [0.1, 0.15) is 12.5 Å². The maximum Gasteiger partial charge on any atom is 0.288 e. The van der Waals surface area contributed by atoms with E-state index in [0.717, 1.165) is 28.0 Å². The van der Waals surface area contributed by atoms with Gasteiger partial charge in [0, 0.05) is 19.2 Å². The van der Waals surface area contributed by atoms with Crippen molar-refractivity contribution in [2.24, 2.45) is 0 Å². The highest BCUT2D eigenvalue weighted by Gasteiger charge is 2.29. The number of carbonyl (C=O) groups is 3. The molecule has 0 spiro atoms. The van der Waals surface area contributed by atoms with Crippen LogP contribution in [0, 0.1) is 0 Å². The Morgan fingerprint density at radius 3 is 2.58 bits per heavy atom. The van der Waals surface area contributed by atoms with E-state index in [4.69, 9.17) is 14.2 Å². The number of hydrogen-bond acceptors (Lipinski definition) is 7. The lowest BCUT2D eigenvalue weighted by atomic mass is 10.2. The smallest absolute Gasteiger partial charge is 0.288 e. The Balaban J connectivity index is 1.47. The second-order valence-electron chi connectivity index (χ2n) is 6.87. The molecule has 3 amide bonds. The second kappa shape index (κ2) is 12.5. The Morgan fingerprint density at radius 2 is 1.85 bits per heavy atom. The van der Waals surface area contributed by atoms with Crippen LogP contribution in [0.3, 0.4) is 0 Å². The molecule has 1 aliphatic heterocycles. The van der Waals surface area contributed by atoms with Crippen molar-refractivity contribution >= 4 is 34.9 Å². The molecule has 1 heterocycles. The van der Waals surface area contributed by atoms with Gasteiger partial charge >= 0.3 is 0 Å². The number of benzene rings is 2. The van der Waals surface area contributed by atoms with Crippen molar-refractivity contribution in [3.63, 3.8) is 0 Å². The SMILES string of the molecule is CCOc1cc(C=CC(=O)NCCN2C(=O)CSC2=O)ccc1OCCOc1ccccc1. The van der Waals surface area contributed by atoms with Gasteiger partial charge in [0.25, 0.3) is 5.24 Å². The highest BCUT2D eigenvalue weighted by molar-refractivity contribution is 8.14. The van der Waals surface area contributed by atoms with Gasteiger partial charge in [-0.15, -0.1) is 0 Å². The molecule has 9 heteroatoms. The van der Waals surface area contributed by atoms with E-state index in [0.29, 0.717) is 31.3 Å². The van der Waals surface area contributed by atoms with Gasteiger partial charge in [-0.3, -0.25) is 19.3 Å². The highest BCUT2D eigenvalue weighted by Crippen LogP contribution is 2.29. The Labute approximate surface area is 196 Å². The van der Waals surface area contributed by atoms with Gasteiger partial charge in [-0.25, -0.2) is 0 Å². The van der Waals surface area contributed by atoms with Gasteiger partial charge < -0.3 is 19.5 Å². The molecule has 33 heavy (non-hydrogen) atoms. The summed E-state index contributed by atoms with van der Waals surface area (Å²) in [5, 5.41) is 2.39. The molecular weight excluding hydrogens is 444 g/mol. The average Bonchev–Trinajstić information content (AvgIpc) is 3.14. The molecule has 2 aromatic rings. The van der Waals surface area contributed by atoms with Crippen molar-refractivity contribution in [3.05, 3.63) is 60.2 Å². The number of imide groups is 1. The number of amides is 3. The lowest BCUT2D eigenvalue weighted by Crippen LogP contribution is -2.37. The van der Waals surface area contributed by atoms with E-state index >= 15 is 0 Å². The van der Waals surface area contributed by atoms with Gasteiger partial charge in [-0.05, 0) is 42.8 Å². The van der Waals surface area contributed by atoms with E-state index in [1.807, 2.05) is 43.3 Å². The summed E-state index contributed by atoms with van der Waals surface area (Å²) in [7, 11) is 0. The van der Waals surface area contributed by atoms with Crippen molar-refractivity contribution in [1.29, 1.82) is 0 Å². The lowest BCUT2D eigenvalue weighted by molar-refractivity contribution is -0.125. The largest absolute Gasteiger partial charge is 0.490 e. The fourth-order valence-electron chi connectivity index (χ4n) is 2.96. The topological polar surface area (TPSA) is 94.2 Å². The Hall–Kier alpha value is -3.46. The summed E-state index contributed by atoms with van der Waals surface area (Å²) in [6.07, 6.45) is 3.05. The van der Waals surface area contributed by atoms with Crippen molar-refractivity contribution < 1.29 is 28.6 Å². The quantitative estimate of drug-likeness (QED) is 0.375. The average molecular weight is 471 g/mol. The third-order valence-electron chi connectivity index (χ3n) is 4.52. The van der Waals surface area contributed by atoms with Gasteiger partial charge in [-0.1, -0.05) is 36.0 Å². The summed E-state index contributed by atoms with van der Waals surface area (Å²) in [5.74, 6) is 1.55. The number of nitrogens with zero attached hydrogens (tertiary/aromatic N) is 1. The van der Waals surface area contributed by atoms with Gasteiger partial charge in [-0.2, -0.15) is 0 Å². The summed E-state index contributed by atoms with van der Waals surface area (Å²) in [6, 6.07) is 14.9. The predicted octanol–water partition coefficient (Wildman–Crippen LogP) is 3.37. The van der Waals surface area contributed by atoms with Crippen molar-refractivity contribution in [2.45, 2.75) is 6.92 Å². The molecule has 0 aliphatic carbocycles. The number of carbonyl (C=O) groups excluding carboxylic acids is 3. The minimum absolute atomic E-state index is 0.161. The fraction of sp³-hybridized carbons (Fsp3) is 0.292. The van der Waals surface area contributed by atoms with Crippen molar-refractivity contribution in [1.82, 2.24) is 10.2 Å². The van der Waals surface area contributed by atoms with Crippen LogP contribution in [0.2, 0.25) is 0 Å². The Bertz CT molecular complexity index is 980. The highest BCUT2D eigenvalue weighted by atomic mass is 32.2.